The summed E-state index contributed by atoms with van der Waals surface area (Å²) in [5.41, 5.74) is -0.957. The Labute approximate surface area is 81.9 Å². The van der Waals surface area contributed by atoms with Crippen LogP contribution in [-0.4, -0.2) is 33.3 Å². The molecule has 0 bridgehead atoms. The van der Waals surface area contributed by atoms with Crippen LogP contribution >= 0.6 is 11.8 Å². The van der Waals surface area contributed by atoms with Crippen molar-refractivity contribution in [1.82, 2.24) is 9.32 Å². The molecule has 13 heavy (non-hydrogen) atoms. The van der Waals surface area contributed by atoms with Crippen molar-refractivity contribution in [2.45, 2.75) is 19.4 Å². The van der Waals surface area contributed by atoms with Crippen molar-refractivity contribution in [3.63, 3.8) is 0 Å². The molecule has 0 aromatic heterocycles. The minimum Gasteiger partial charge on any atom is -0.272 e. The van der Waals surface area contributed by atoms with Gasteiger partial charge in [-0.15, -0.1) is 6.58 Å². The molecular formula is C8H11ClN2O2. The molecule has 0 aromatic rings. The highest BCUT2D eigenvalue weighted by Gasteiger charge is 2.50. The van der Waals surface area contributed by atoms with Crippen LogP contribution in [0.1, 0.15) is 13.8 Å². The summed E-state index contributed by atoms with van der Waals surface area (Å²) in [6, 6.07) is -0.489. The fraction of sp³-hybridized carbons (Fsp3) is 0.500. The second-order valence-corrected chi connectivity index (χ2v) is 3.66. The van der Waals surface area contributed by atoms with E-state index >= 15 is 0 Å². The molecule has 0 unspecified atom stereocenters. The largest absolute Gasteiger partial charge is 0.342 e. The van der Waals surface area contributed by atoms with E-state index in [1.54, 1.807) is 13.8 Å². The van der Waals surface area contributed by atoms with Crippen LogP contribution < -0.4 is 0 Å². The summed E-state index contributed by atoms with van der Waals surface area (Å²) in [6.45, 7) is 6.86. The number of carbonyl (C=O) groups is 2. The smallest absolute Gasteiger partial charge is 0.272 e. The molecule has 0 aliphatic carbocycles. The molecular weight excluding hydrogens is 192 g/mol. The van der Waals surface area contributed by atoms with Crippen molar-refractivity contribution in [2.75, 3.05) is 6.54 Å². The molecule has 1 fully saturated rings. The lowest BCUT2D eigenvalue weighted by Crippen LogP contribution is -2.39. The van der Waals surface area contributed by atoms with Gasteiger partial charge >= 0.3 is 6.03 Å². The summed E-state index contributed by atoms with van der Waals surface area (Å²) in [6.07, 6.45) is 1.49. The molecule has 0 N–H and O–H groups in total. The molecule has 0 spiro atoms. The summed E-state index contributed by atoms with van der Waals surface area (Å²) >= 11 is 5.67. The van der Waals surface area contributed by atoms with E-state index in [9.17, 15) is 9.59 Å². The van der Waals surface area contributed by atoms with Crippen molar-refractivity contribution >= 4 is 23.7 Å². The maximum absolute atomic E-state index is 11.6. The molecule has 1 aliphatic rings. The van der Waals surface area contributed by atoms with Crippen molar-refractivity contribution in [3.05, 3.63) is 12.7 Å². The van der Waals surface area contributed by atoms with Crippen LogP contribution in [-0.2, 0) is 4.79 Å². The molecule has 0 atom stereocenters. The van der Waals surface area contributed by atoms with Gasteiger partial charge in [0.15, 0.2) is 0 Å². The van der Waals surface area contributed by atoms with Crippen molar-refractivity contribution in [3.8, 4) is 0 Å². The molecule has 1 aliphatic heterocycles. The van der Waals surface area contributed by atoms with Crippen LogP contribution in [0, 0.1) is 0 Å². The van der Waals surface area contributed by atoms with Gasteiger partial charge in [-0.2, -0.15) is 0 Å². The first-order chi connectivity index (χ1) is 5.92. The first kappa shape index (κ1) is 10.1. The molecule has 5 heteroatoms. The predicted molar refractivity (Wildman–Crippen MR) is 49.1 cm³/mol. The van der Waals surface area contributed by atoms with Crippen LogP contribution in [0.4, 0.5) is 4.79 Å². The fourth-order valence-electron chi connectivity index (χ4n) is 1.14. The molecule has 4 nitrogen and oxygen atoms in total. The maximum Gasteiger partial charge on any atom is 0.342 e. The van der Waals surface area contributed by atoms with Gasteiger partial charge in [0.2, 0.25) is 0 Å². The summed E-state index contributed by atoms with van der Waals surface area (Å²) < 4.78 is 0.916. The molecule has 0 aromatic carbocycles. The molecule has 3 amide bonds. The average molecular weight is 203 g/mol. The van der Waals surface area contributed by atoms with Crippen LogP contribution in [0.5, 0.6) is 0 Å². The van der Waals surface area contributed by atoms with Gasteiger partial charge in [-0.05, 0) is 13.8 Å². The number of hydrogen-bond donors (Lipinski definition) is 0. The first-order valence-electron chi connectivity index (χ1n) is 3.85. The Hall–Kier alpha value is -1.03. The average Bonchev–Trinajstić information content (AvgIpc) is 2.21. The second kappa shape index (κ2) is 3.03. The normalized spacial score (nSPS) is 21.2. The zero-order valence-corrected chi connectivity index (χ0v) is 8.34. The van der Waals surface area contributed by atoms with E-state index in [0.29, 0.717) is 0 Å². The summed E-state index contributed by atoms with van der Waals surface area (Å²) in [7, 11) is 0. The van der Waals surface area contributed by atoms with E-state index in [0.717, 1.165) is 9.32 Å². The van der Waals surface area contributed by atoms with Gasteiger partial charge in [-0.1, -0.05) is 6.08 Å². The highest BCUT2D eigenvalue weighted by atomic mass is 35.5. The van der Waals surface area contributed by atoms with Gasteiger partial charge in [0.1, 0.15) is 5.54 Å². The highest BCUT2D eigenvalue weighted by molar-refractivity contribution is 6.28. The lowest BCUT2D eigenvalue weighted by Gasteiger charge is -2.19. The summed E-state index contributed by atoms with van der Waals surface area (Å²) in [4.78, 5) is 24.0. The highest BCUT2D eigenvalue weighted by Crippen LogP contribution is 2.28. The Kier molecular flexibility index (Phi) is 2.34. The number of carbonyl (C=O) groups excluding carboxylic acids is 2. The fourth-order valence-corrected chi connectivity index (χ4v) is 1.30. The third-order valence-electron chi connectivity index (χ3n) is 1.97. The number of rotatable bonds is 2. The van der Waals surface area contributed by atoms with Crippen molar-refractivity contribution < 1.29 is 9.59 Å². The number of halogens is 1. The Bertz CT molecular complexity index is 275. The van der Waals surface area contributed by atoms with Gasteiger partial charge in [0, 0.05) is 18.3 Å². The number of nitrogens with zero attached hydrogens (tertiary/aromatic N) is 2. The zero-order chi connectivity index (χ0) is 10.2. The third kappa shape index (κ3) is 1.31. The number of urea groups is 1. The van der Waals surface area contributed by atoms with Gasteiger partial charge in [-0.25, -0.2) is 9.21 Å². The molecule has 0 radical (unpaired) electrons. The number of hydrogen-bond acceptors (Lipinski definition) is 2. The van der Waals surface area contributed by atoms with Crippen LogP contribution in [0.3, 0.4) is 0 Å². The van der Waals surface area contributed by atoms with Gasteiger partial charge < -0.3 is 0 Å². The molecule has 1 rings (SSSR count). The van der Waals surface area contributed by atoms with Crippen molar-refractivity contribution in [1.29, 1.82) is 0 Å². The SMILES string of the molecule is C=CCN1C(=O)N(Cl)C(C)(C)C1=O. The van der Waals surface area contributed by atoms with E-state index in [2.05, 4.69) is 6.58 Å². The summed E-state index contributed by atoms with van der Waals surface area (Å²) in [5, 5.41) is 0. The van der Waals surface area contributed by atoms with Gasteiger partial charge in [0.25, 0.3) is 5.91 Å². The monoisotopic (exact) mass is 202 g/mol. The molecule has 72 valence electrons. The Morgan fingerprint density at radius 3 is 2.38 bits per heavy atom. The topological polar surface area (TPSA) is 40.6 Å². The van der Waals surface area contributed by atoms with E-state index in [1.807, 2.05) is 0 Å². The maximum atomic E-state index is 11.6. The quantitative estimate of drug-likeness (QED) is 0.386. The zero-order valence-electron chi connectivity index (χ0n) is 7.58. The van der Waals surface area contributed by atoms with E-state index in [1.165, 1.54) is 6.08 Å². The Morgan fingerprint density at radius 2 is 2.08 bits per heavy atom. The number of imide groups is 1. The second-order valence-electron chi connectivity index (χ2n) is 3.33. The van der Waals surface area contributed by atoms with E-state index in [4.69, 9.17) is 11.8 Å². The standard InChI is InChI=1S/C8H11ClN2O2/c1-4-5-10-6(12)8(2,3)11(9)7(10)13/h4H,1,5H2,2-3H3. The lowest BCUT2D eigenvalue weighted by molar-refractivity contribution is -0.130. The Balaban J connectivity index is 2.98. The minimum absolute atomic E-state index is 0.199. The lowest BCUT2D eigenvalue weighted by atomic mass is 10.1. The van der Waals surface area contributed by atoms with Crippen LogP contribution in [0.2, 0.25) is 0 Å². The van der Waals surface area contributed by atoms with E-state index < -0.39 is 11.6 Å². The van der Waals surface area contributed by atoms with E-state index in [-0.39, 0.29) is 12.5 Å². The third-order valence-corrected chi connectivity index (χ3v) is 2.54. The summed E-state index contributed by atoms with van der Waals surface area (Å²) in [5.74, 6) is -0.299. The van der Waals surface area contributed by atoms with Crippen molar-refractivity contribution in [2.24, 2.45) is 0 Å². The molecule has 0 saturated carbocycles. The van der Waals surface area contributed by atoms with Crippen LogP contribution in [0.25, 0.3) is 0 Å². The van der Waals surface area contributed by atoms with Crippen LogP contribution in [0.15, 0.2) is 12.7 Å². The first-order valence-corrected chi connectivity index (χ1v) is 4.19. The molecule has 1 heterocycles. The Morgan fingerprint density at radius 1 is 1.54 bits per heavy atom. The van der Waals surface area contributed by atoms with Gasteiger partial charge in [0.05, 0.1) is 0 Å². The predicted octanol–water partition coefficient (Wildman–Crippen LogP) is 1.37. The molecule has 1 saturated heterocycles. The van der Waals surface area contributed by atoms with Gasteiger partial charge in [-0.3, -0.25) is 9.69 Å². The minimum atomic E-state index is -0.957. The number of amides is 3.